The predicted octanol–water partition coefficient (Wildman–Crippen LogP) is 2.01. The van der Waals surface area contributed by atoms with E-state index in [0.717, 1.165) is 24.6 Å². The number of aliphatic imine (C=N–C) groups is 1. The molecule has 1 aliphatic rings. The van der Waals surface area contributed by atoms with Crippen LogP contribution in [0, 0.1) is 0 Å². The Morgan fingerprint density at radius 2 is 1.94 bits per heavy atom. The van der Waals surface area contributed by atoms with Crippen LogP contribution >= 0.6 is 12.4 Å². The Labute approximate surface area is 100 Å². The van der Waals surface area contributed by atoms with Crippen LogP contribution in [0.5, 0.6) is 0 Å². The van der Waals surface area contributed by atoms with Crippen molar-refractivity contribution in [3.63, 3.8) is 0 Å². The Kier molecular flexibility index (Phi) is 3.06. The molecule has 1 aromatic carbocycles. The Hall–Kier alpha value is -1.61. The summed E-state index contributed by atoms with van der Waals surface area (Å²) in [6, 6.07) is 10.3. The third kappa shape index (κ3) is 1.86. The number of pyridine rings is 1. The summed E-state index contributed by atoms with van der Waals surface area (Å²) in [6.07, 6.45) is 1.90. The van der Waals surface area contributed by atoms with Gasteiger partial charge in [-0.3, -0.25) is 9.98 Å². The molecule has 0 unspecified atom stereocenters. The van der Waals surface area contributed by atoms with Crippen LogP contribution in [-0.2, 0) is 0 Å². The van der Waals surface area contributed by atoms with Crippen LogP contribution in [0.3, 0.4) is 0 Å². The van der Waals surface area contributed by atoms with Gasteiger partial charge in [0.1, 0.15) is 11.5 Å². The fraction of sp³-hybridized carbons (Fsp3) is 0.167. The highest BCUT2D eigenvalue weighted by molar-refractivity contribution is 6.00. The van der Waals surface area contributed by atoms with Crippen LogP contribution in [0.1, 0.15) is 5.69 Å². The summed E-state index contributed by atoms with van der Waals surface area (Å²) in [6.45, 7) is 1.77. The summed E-state index contributed by atoms with van der Waals surface area (Å²) in [5.74, 6) is 0.917. The maximum absolute atomic E-state index is 4.40. The second-order valence-corrected chi connectivity index (χ2v) is 3.57. The van der Waals surface area contributed by atoms with Crippen molar-refractivity contribution in [1.29, 1.82) is 0 Å². The summed E-state index contributed by atoms with van der Waals surface area (Å²) in [7, 11) is 0. The molecule has 3 nitrogen and oxygen atoms in total. The molecule has 2 heterocycles. The maximum Gasteiger partial charge on any atom is 0.147 e. The van der Waals surface area contributed by atoms with E-state index in [1.54, 1.807) is 0 Å². The highest BCUT2D eigenvalue weighted by atomic mass is 35.5. The van der Waals surface area contributed by atoms with Crippen molar-refractivity contribution >= 4 is 29.0 Å². The van der Waals surface area contributed by atoms with Gasteiger partial charge >= 0.3 is 0 Å². The first-order valence-electron chi connectivity index (χ1n) is 5.07. The van der Waals surface area contributed by atoms with E-state index in [1.807, 2.05) is 18.3 Å². The van der Waals surface area contributed by atoms with Crippen LogP contribution in [0.2, 0.25) is 0 Å². The number of hydrogen-bond donors (Lipinski definition) is 1. The lowest BCUT2D eigenvalue weighted by Gasteiger charge is -2.02. The molecule has 1 N–H and O–H groups in total. The SMILES string of the molecule is Cl.c1ccc2cc(C3=NCCN3)ncc2c1. The van der Waals surface area contributed by atoms with Crippen molar-refractivity contribution in [2.45, 2.75) is 0 Å². The smallest absolute Gasteiger partial charge is 0.147 e. The zero-order chi connectivity index (χ0) is 10.1. The lowest BCUT2D eigenvalue weighted by atomic mass is 10.1. The number of nitrogens with zero attached hydrogens (tertiary/aromatic N) is 2. The molecule has 0 saturated carbocycles. The molecule has 1 aliphatic heterocycles. The molecule has 16 heavy (non-hydrogen) atoms. The van der Waals surface area contributed by atoms with Crippen LogP contribution < -0.4 is 5.32 Å². The van der Waals surface area contributed by atoms with Crippen molar-refractivity contribution in [2.75, 3.05) is 13.1 Å². The van der Waals surface area contributed by atoms with Gasteiger partial charge in [-0.1, -0.05) is 24.3 Å². The average Bonchev–Trinajstić information content (AvgIpc) is 2.82. The molecule has 82 valence electrons. The van der Waals surface area contributed by atoms with E-state index in [9.17, 15) is 0 Å². The van der Waals surface area contributed by atoms with Crippen molar-refractivity contribution < 1.29 is 0 Å². The van der Waals surface area contributed by atoms with E-state index in [-0.39, 0.29) is 12.4 Å². The van der Waals surface area contributed by atoms with Crippen molar-refractivity contribution in [2.24, 2.45) is 4.99 Å². The first-order valence-corrected chi connectivity index (χ1v) is 5.07. The molecule has 0 aliphatic carbocycles. The van der Waals surface area contributed by atoms with Crippen molar-refractivity contribution in [3.8, 4) is 0 Å². The third-order valence-electron chi connectivity index (χ3n) is 2.55. The number of hydrogen-bond acceptors (Lipinski definition) is 3. The molecule has 0 amide bonds. The number of rotatable bonds is 1. The van der Waals surface area contributed by atoms with Gasteiger partial charge < -0.3 is 5.32 Å². The molecule has 0 spiro atoms. The molecule has 4 heteroatoms. The molecule has 0 saturated heterocycles. The maximum atomic E-state index is 4.40. The topological polar surface area (TPSA) is 37.3 Å². The lowest BCUT2D eigenvalue weighted by Crippen LogP contribution is -2.20. The number of aromatic nitrogens is 1. The van der Waals surface area contributed by atoms with Crippen LogP contribution in [0.4, 0.5) is 0 Å². The first kappa shape index (κ1) is 10.9. The molecule has 0 radical (unpaired) electrons. The first-order chi connectivity index (χ1) is 7.43. The number of halogens is 1. The summed E-state index contributed by atoms with van der Waals surface area (Å²) in [4.78, 5) is 8.75. The number of nitrogens with one attached hydrogen (secondary N) is 1. The molecule has 1 aromatic heterocycles. The zero-order valence-corrected chi connectivity index (χ0v) is 9.50. The number of benzene rings is 1. The van der Waals surface area contributed by atoms with E-state index in [2.05, 4.69) is 33.5 Å². The van der Waals surface area contributed by atoms with Gasteiger partial charge in [0.2, 0.25) is 0 Å². The Bertz CT molecular complexity index is 537. The molecule has 0 atom stereocenters. The summed E-state index contributed by atoms with van der Waals surface area (Å²) in [5.41, 5.74) is 0.936. The van der Waals surface area contributed by atoms with Crippen LogP contribution in [-0.4, -0.2) is 23.9 Å². The van der Waals surface area contributed by atoms with Crippen LogP contribution in [0.15, 0.2) is 41.5 Å². The highest BCUT2D eigenvalue weighted by Gasteiger charge is 2.09. The zero-order valence-electron chi connectivity index (χ0n) is 8.68. The summed E-state index contributed by atoms with van der Waals surface area (Å²) >= 11 is 0. The van der Waals surface area contributed by atoms with E-state index in [4.69, 9.17) is 0 Å². The van der Waals surface area contributed by atoms with E-state index in [0.29, 0.717) is 0 Å². The largest absolute Gasteiger partial charge is 0.367 e. The molecule has 3 rings (SSSR count). The van der Waals surface area contributed by atoms with Crippen molar-refractivity contribution in [1.82, 2.24) is 10.3 Å². The minimum Gasteiger partial charge on any atom is -0.367 e. The fourth-order valence-corrected chi connectivity index (χ4v) is 1.78. The van der Waals surface area contributed by atoms with Gasteiger partial charge in [-0.2, -0.15) is 0 Å². The average molecular weight is 234 g/mol. The van der Waals surface area contributed by atoms with E-state index in [1.165, 1.54) is 10.8 Å². The Morgan fingerprint density at radius 3 is 2.69 bits per heavy atom. The normalized spacial score (nSPS) is 14.1. The van der Waals surface area contributed by atoms with E-state index >= 15 is 0 Å². The lowest BCUT2D eigenvalue weighted by molar-refractivity contribution is 0.958. The molecular formula is C12H12ClN3. The van der Waals surface area contributed by atoms with Gasteiger partial charge in [0, 0.05) is 18.1 Å². The summed E-state index contributed by atoms with van der Waals surface area (Å²) < 4.78 is 0. The van der Waals surface area contributed by atoms with E-state index < -0.39 is 0 Å². The molecule has 0 bridgehead atoms. The minimum atomic E-state index is 0. The molecular weight excluding hydrogens is 222 g/mol. The third-order valence-corrected chi connectivity index (χ3v) is 2.55. The highest BCUT2D eigenvalue weighted by Crippen LogP contribution is 2.13. The predicted molar refractivity (Wildman–Crippen MR) is 68.4 cm³/mol. The minimum absolute atomic E-state index is 0. The van der Waals surface area contributed by atoms with Gasteiger partial charge in [0.05, 0.1) is 6.54 Å². The summed E-state index contributed by atoms with van der Waals surface area (Å²) in [5, 5.41) is 5.60. The monoisotopic (exact) mass is 233 g/mol. The second-order valence-electron chi connectivity index (χ2n) is 3.57. The Balaban J connectivity index is 0.000000963. The van der Waals surface area contributed by atoms with Gasteiger partial charge in [0.15, 0.2) is 0 Å². The van der Waals surface area contributed by atoms with Gasteiger partial charge in [0.25, 0.3) is 0 Å². The number of amidine groups is 1. The van der Waals surface area contributed by atoms with Gasteiger partial charge in [-0.25, -0.2) is 0 Å². The second kappa shape index (κ2) is 4.49. The quantitative estimate of drug-likeness (QED) is 0.818. The van der Waals surface area contributed by atoms with Crippen LogP contribution in [0.25, 0.3) is 10.8 Å². The number of fused-ring (bicyclic) bond motifs is 1. The fourth-order valence-electron chi connectivity index (χ4n) is 1.78. The van der Waals surface area contributed by atoms with Gasteiger partial charge in [-0.15, -0.1) is 12.4 Å². The standard InChI is InChI=1S/C12H11N3.ClH/c1-2-4-10-8-15-11(7-9(10)3-1)12-13-5-6-14-12;/h1-4,7-8H,5-6H2,(H,13,14);1H. The van der Waals surface area contributed by atoms with Gasteiger partial charge in [-0.05, 0) is 11.5 Å². The Morgan fingerprint density at radius 1 is 1.12 bits per heavy atom. The molecule has 2 aromatic rings. The van der Waals surface area contributed by atoms with Crippen molar-refractivity contribution in [3.05, 3.63) is 42.2 Å². The molecule has 0 fully saturated rings.